The molecule has 3 heterocycles. The van der Waals surface area contributed by atoms with Crippen LogP contribution in [0, 0.1) is 0 Å². The zero-order valence-electron chi connectivity index (χ0n) is 19.2. The van der Waals surface area contributed by atoms with Gasteiger partial charge in [0.1, 0.15) is 11.5 Å². The van der Waals surface area contributed by atoms with E-state index in [4.69, 9.17) is 5.10 Å². The van der Waals surface area contributed by atoms with E-state index in [2.05, 4.69) is 10.2 Å². The first kappa shape index (κ1) is 21.9. The highest BCUT2D eigenvalue weighted by molar-refractivity contribution is 5.93. The topological polar surface area (TPSA) is 88.8 Å². The van der Waals surface area contributed by atoms with Crippen molar-refractivity contribution in [3.63, 3.8) is 0 Å². The lowest BCUT2D eigenvalue weighted by atomic mass is 9.95. The third kappa shape index (κ3) is 4.31. The van der Waals surface area contributed by atoms with Gasteiger partial charge in [0, 0.05) is 31.1 Å². The van der Waals surface area contributed by atoms with Gasteiger partial charge in [-0.25, -0.2) is 9.48 Å². The van der Waals surface area contributed by atoms with Crippen molar-refractivity contribution in [3.05, 3.63) is 94.3 Å². The Kier molecular flexibility index (Phi) is 6.12. The smallest absolute Gasteiger partial charge is 0.337 e. The Balaban J connectivity index is 1.27. The average molecular weight is 457 g/mol. The lowest BCUT2D eigenvalue weighted by Gasteiger charge is -2.31. The molecule has 1 aliphatic heterocycles. The predicted octanol–water partition coefficient (Wildman–Crippen LogP) is 3.52. The molecule has 5 rings (SSSR count). The predicted molar refractivity (Wildman–Crippen MR) is 130 cm³/mol. The number of rotatable bonds is 6. The molecule has 34 heavy (non-hydrogen) atoms. The van der Waals surface area contributed by atoms with Crippen molar-refractivity contribution < 1.29 is 4.79 Å². The minimum atomic E-state index is -0.0780. The summed E-state index contributed by atoms with van der Waals surface area (Å²) in [7, 11) is 0. The van der Waals surface area contributed by atoms with Gasteiger partial charge in [-0.1, -0.05) is 60.7 Å². The van der Waals surface area contributed by atoms with E-state index in [0.29, 0.717) is 31.9 Å². The fraction of sp³-hybridized carbons (Fsp3) is 0.308. The fourth-order valence-electron chi connectivity index (χ4n) is 4.62. The molecule has 1 aliphatic rings. The van der Waals surface area contributed by atoms with Crippen LogP contribution >= 0.6 is 0 Å². The Hall–Kier alpha value is -3.94. The summed E-state index contributed by atoms with van der Waals surface area (Å²) in [6.45, 7) is 4.25. The number of carbonyl (C=O) groups is 1. The van der Waals surface area contributed by atoms with Gasteiger partial charge < -0.3 is 4.90 Å². The maximum atomic E-state index is 13.1. The molecule has 2 aromatic carbocycles. The summed E-state index contributed by atoms with van der Waals surface area (Å²) in [5, 5.41) is 11.9. The van der Waals surface area contributed by atoms with Crippen molar-refractivity contribution in [1.29, 1.82) is 0 Å². The molecule has 1 N–H and O–H groups in total. The number of amides is 1. The van der Waals surface area contributed by atoms with Gasteiger partial charge in [0.25, 0.3) is 5.91 Å². The van der Waals surface area contributed by atoms with Gasteiger partial charge in [0.15, 0.2) is 0 Å². The second-order valence-corrected chi connectivity index (χ2v) is 8.63. The number of likely N-dealkylation sites (tertiary alicyclic amines) is 1. The first-order valence-electron chi connectivity index (χ1n) is 11.8. The maximum absolute atomic E-state index is 13.1. The van der Waals surface area contributed by atoms with E-state index in [1.54, 1.807) is 9.25 Å². The largest absolute Gasteiger partial charge is 0.346 e. The lowest BCUT2D eigenvalue weighted by Crippen LogP contribution is -2.38. The number of nitrogens with zero attached hydrogens (tertiary/aromatic N) is 5. The summed E-state index contributed by atoms with van der Waals surface area (Å²) < 4.78 is 3.33. The quantitative estimate of drug-likeness (QED) is 0.481. The van der Waals surface area contributed by atoms with Gasteiger partial charge in [0.2, 0.25) is 0 Å². The second kappa shape index (κ2) is 9.51. The summed E-state index contributed by atoms with van der Waals surface area (Å²) in [6.07, 6.45) is 1.54. The van der Waals surface area contributed by atoms with E-state index in [-0.39, 0.29) is 17.5 Å². The van der Waals surface area contributed by atoms with E-state index in [0.717, 1.165) is 35.5 Å². The molecule has 0 saturated carbocycles. The minimum absolute atomic E-state index is 0.0457. The number of aromatic amines is 1. The number of carbonyl (C=O) groups excluding carboxylic acids is 1. The van der Waals surface area contributed by atoms with E-state index in [9.17, 15) is 9.59 Å². The molecule has 0 unspecified atom stereocenters. The zero-order chi connectivity index (χ0) is 23.5. The van der Waals surface area contributed by atoms with Crippen LogP contribution in [0.4, 0.5) is 0 Å². The molecule has 0 atom stereocenters. The number of hydrogen-bond acceptors (Lipinski definition) is 4. The molecular formula is C26H28N6O2. The summed E-state index contributed by atoms with van der Waals surface area (Å²) in [5.41, 5.74) is 3.20. The van der Waals surface area contributed by atoms with E-state index >= 15 is 0 Å². The molecule has 174 valence electrons. The van der Waals surface area contributed by atoms with Crippen molar-refractivity contribution in [2.75, 3.05) is 13.1 Å². The number of aromatic nitrogens is 5. The van der Waals surface area contributed by atoms with Crippen LogP contribution in [-0.4, -0.2) is 48.4 Å². The molecular weight excluding hydrogens is 428 g/mol. The summed E-state index contributed by atoms with van der Waals surface area (Å²) >= 11 is 0. The van der Waals surface area contributed by atoms with Gasteiger partial charge in [0.05, 0.1) is 12.2 Å². The highest BCUT2D eigenvalue weighted by Gasteiger charge is 2.29. The molecule has 1 fully saturated rings. The van der Waals surface area contributed by atoms with Gasteiger partial charge in [-0.2, -0.15) is 10.2 Å². The summed E-state index contributed by atoms with van der Waals surface area (Å²) in [5.74, 6) is 0.925. The Morgan fingerprint density at radius 3 is 2.38 bits per heavy atom. The molecule has 0 aliphatic carbocycles. The maximum Gasteiger partial charge on any atom is 0.346 e. The lowest BCUT2D eigenvalue weighted by molar-refractivity contribution is 0.0704. The molecule has 4 aromatic rings. The third-order valence-corrected chi connectivity index (χ3v) is 6.47. The van der Waals surface area contributed by atoms with Crippen molar-refractivity contribution >= 4 is 5.91 Å². The molecule has 0 bridgehead atoms. The van der Waals surface area contributed by atoms with Crippen LogP contribution in [0.5, 0.6) is 0 Å². The van der Waals surface area contributed by atoms with Crippen LogP contribution in [0.3, 0.4) is 0 Å². The first-order chi connectivity index (χ1) is 16.6. The standard InChI is InChI=1S/C26H28N6O2/c1-2-31-24(29-32(26(31)34)18-19-9-5-3-6-10-19)21-13-15-30(16-14-21)25(33)23-17-22(27-28-23)20-11-7-4-8-12-20/h3-12,17,21H,2,13-16,18H2,1H3,(H,27,28). The Labute approximate surface area is 197 Å². The summed E-state index contributed by atoms with van der Waals surface area (Å²) in [6, 6.07) is 21.5. The third-order valence-electron chi connectivity index (χ3n) is 6.47. The Bertz CT molecular complexity index is 1310. The van der Waals surface area contributed by atoms with Crippen molar-refractivity contribution in [3.8, 4) is 11.3 Å². The van der Waals surface area contributed by atoms with Crippen LogP contribution in [0.1, 0.15) is 47.6 Å². The fourth-order valence-corrected chi connectivity index (χ4v) is 4.62. The first-order valence-corrected chi connectivity index (χ1v) is 11.8. The molecule has 2 aromatic heterocycles. The van der Waals surface area contributed by atoms with E-state index < -0.39 is 0 Å². The second-order valence-electron chi connectivity index (χ2n) is 8.63. The number of H-pyrrole nitrogens is 1. The highest BCUT2D eigenvalue weighted by atomic mass is 16.2. The summed E-state index contributed by atoms with van der Waals surface area (Å²) in [4.78, 5) is 27.8. The molecule has 1 saturated heterocycles. The average Bonchev–Trinajstić information content (AvgIpc) is 3.50. The molecule has 0 spiro atoms. The Morgan fingerprint density at radius 2 is 1.71 bits per heavy atom. The molecule has 1 amide bonds. The van der Waals surface area contributed by atoms with Crippen molar-refractivity contribution in [1.82, 2.24) is 29.4 Å². The van der Waals surface area contributed by atoms with Crippen molar-refractivity contribution in [2.24, 2.45) is 0 Å². The number of hydrogen-bond donors (Lipinski definition) is 1. The number of benzene rings is 2. The van der Waals surface area contributed by atoms with Gasteiger partial charge in [-0.3, -0.25) is 14.5 Å². The normalized spacial score (nSPS) is 14.4. The van der Waals surface area contributed by atoms with Crippen LogP contribution in [0.25, 0.3) is 11.3 Å². The molecule has 8 nitrogen and oxygen atoms in total. The minimum Gasteiger partial charge on any atom is -0.337 e. The zero-order valence-corrected chi connectivity index (χ0v) is 19.2. The van der Waals surface area contributed by atoms with Crippen LogP contribution < -0.4 is 5.69 Å². The SMILES string of the molecule is CCn1c(C2CCN(C(=O)c3cc(-c4ccccc4)n[nH]3)CC2)nn(Cc2ccccc2)c1=O. The van der Waals surface area contributed by atoms with Gasteiger partial charge >= 0.3 is 5.69 Å². The van der Waals surface area contributed by atoms with Crippen LogP contribution in [0.2, 0.25) is 0 Å². The Morgan fingerprint density at radius 1 is 1.03 bits per heavy atom. The van der Waals surface area contributed by atoms with Gasteiger partial charge in [-0.05, 0) is 31.4 Å². The van der Waals surface area contributed by atoms with Crippen molar-refractivity contribution in [2.45, 2.75) is 38.8 Å². The highest BCUT2D eigenvalue weighted by Crippen LogP contribution is 2.27. The molecule has 0 radical (unpaired) electrons. The van der Waals surface area contributed by atoms with Gasteiger partial charge in [-0.15, -0.1) is 0 Å². The monoisotopic (exact) mass is 456 g/mol. The molecule has 8 heteroatoms. The number of nitrogens with one attached hydrogen (secondary N) is 1. The van der Waals surface area contributed by atoms with Crippen LogP contribution in [0.15, 0.2) is 71.5 Å². The van der Waals surface area contributed by atoms with E-state index in [1.165, 1.54) is 0 Å². The van der Waals surface area contributed by atoms with Crippen LogP contribution in [-0.2, 0) is 13.1 Å². The number of piperidine rings is 1. The van der Waals surface area contributed by atoms with E-state index in [1.807, 2.05) is 78.6 Å².